The summed E-state index contributed by atoms with van der Waals surface area (Å²) in [5, 5.41) is 3.61. The number of rotatable bonds is 5. The molecule has 0 aliphatic carbocycles. The molecule has 0 spiro atoms. The Balaban J connectivity index is 2.01. The number of carbonyl (C=O) groups is 1. The molecule has 6 heteroatoms. The van der Waals surface area contributed by atoms with Crippen LogP contribution in [-0.2, 0) is 9.53 Å². The smallest absolute Gasteiger partial charge is 0.319 e. The second-order valence-electron chi connectivity index (χ2n) is 5.39. The van der Waals surface area contributed by atoms with Crippen LogP contribution >= 0.6 is 23.1 Å². The monoisotopic (exact) mass is 358 g/mol. The van der Waals surface area contributed by atoms with Crippen LogP contribution < -0.4 is 0 Å². The van der Waals surface area contributed by atoms with Crippen molar-refractivity contribution < 1.29 is 9.53 Å². The predicted octanol–water partition coefficient (Wildman–Crippen LogP) is 4.71. The van der Waals surface area contributed by atoms with E-state index in [0.717, 1.165) is 26.4 Å². The number of hydrogen-bond acceptors (Lipinski definition) is 6. The number of hydrogen-bond donors (Lipinski definition) is 0. The summed E-state index contributed by atoms with van der Waals surface area (Å²) in [4.78, 5) is 21.6. The second-order valence-corrected chi connectivity index (χ2v) is 7.57. The van der Waals surface area contributed by atoms with E-state index in [9.17, 15) is 4.79 Å². The van der Waals surface area contributed by atoms with Crippen molar-refractivity contribution >= 4 is 39.3 Å². The molecule has 0 saturated carbocycles. The second kappa shape index (κ2) is 7.32. The fourth-order valence-electron chi connectivity index (χ4n) is 2.36. The number of benzene rings is 1. The van der Waals surface area contributed by atoms with E-state index in [2.05, 4.69) is 46.5 Å². The summed E-state index contributed by atoms with van der Waals surface area (Å²) in [6.07, 6.45) is 1.55. The topological polar surface area (TPSA) is 52.1 Å². The Bertz CT molecular complexity index is 859. The molecule has 0 unspecified atom stereocenters. The zero-order valence-corrected chi connectivity index (χ0v) is 15.4. The van der Waals surface area contributed by atoms with Crippen LogP contribution in [-0.4, -0.2) is 27.8 Å². The van der Waals surface area contributed by atoms with Crippen LogP contribution in [0.2, 0.25) is 0 Å². The molecule has 0 radical (unpaired) electrons. The lowest BCUT2D eigenvalue weighted by Crippen LogP contribution is -2.16. The Morgan fingerprint density at radius 2 is 2.04 bits per heavy atom. The molecule has 3 aromatic rings. The van der Waals surface area contributed by atoms with E-state index in [1.165, 1.54) is 17.3 Å². The Hall–Kier alpha value is -1.92. The van der Waals surface area contributed by atoms with E-state index in [4.69, 9.17) is 4.74 Å². The molecule has 0 amide bonds. The minimum atomic E-state index is -0.311. The first kappa shape index (κ1) is 16.9. The third-order valence-corrected chi connectivity index (χ3v) is 5.57. The van der Waals surface area contributed by atoms with Gasteiger partial charge in [0.25, 0.3) is 0 Å². The average molecular weight is 358 g/mol. The van der Waals surface area contributed by atoms with E-state index in [-0.39, 0.29) is 11.2 Å². The van der Waals surface area contributed by atoms with Gasteiger partial charge in [-0.05, 0) is 26.3 Å². The fraction of sp³-hybridized carbons (Fsp3) is 0.278. The molecule has 124 valence electrons. The van der Waals surface area contributed by atoms with Gasteiger partial charge in [0.15, 0.2) is 0 Å². The van der Waals surface area contributed by atoms with E-state index in [0.29, 0.717) is 6.61 Å². The van der Waals surface area contributed by atoms with Crippen molar-refractivity contribution in [1.82, 2.24) is 9.97 Å². The highest BCUT2D eigenvalue weighted by Crippen LogP contribution is 2.39. The van der Waals surface area contributed by atoms with Crippen LogP contribution in [0.4, 0.5) is 0 Å². The van der Waals surface area contributed by atoms with Gasteiger partial charge in [0, 0.05) is 10.9 Å². The number of carbonyl (C=O) groups excluding carboxylic acids is 1. The molecule has 0 bridgehead atoms. The van der Waals surface area contributed by atoms with Crippen molar-refractivity contribution in [3.8, 4) is 11.1 Å². The standard InChI is InChI=1S/C18H18N2O2S2/c1-4-22-18(21)12(3)24-17-15-14(9-23-16(15)19-10-20-17)13-7-5-11(2)6-8-13/h5-10,12H,4H2,1-3H3/t12-/m0/s1. The number of nitrogens with zero attached hydrogens (tertiary/aromatic N) is 2. The molecule has 0 aliphatic heterocycles. The molecule has 1 aromatic carbocycles. The third kappa shape index (κ3) is 3.44. The molecule has 1 atom stereocenters. The summed E-state index contributed by atoms with van der Waals surface area (Å²) in [7, 11) is 0. The highest BCUT2D eigenvalue weighted by Gasteiger charge is 2.20. The maximum absolute atomic E-state index is 11.9. The quantitative estimate of drug-likeness (QED) is 0.375. The molecule has 2 heterocycles. The van der Waals surface area contributed by atoms with Gasteiger partial charge in [-0.2, -0.15) is 0 Å². The Labute approximate surface area is 149 Å². The SMILES string of the molecule is CCOC(=O)[C@H](C)Sc1ncnc2scc(-c3ccc(C)cc3)c12. The molecule has 0 N–H and O–H groups in total. The van der Waals surface area contributed by atoms with Crippen LogP contribution in [0.25, 0.3) is 21.3 Å². The van der Waals surface area contributed by atoms with Crippen molar-refractivity contribution in [2.45, 2.75) is 31.0 Å². The Morgan fingerprint density at radius 1 is 1.29 bits per heavy atom. The van der Waals surface area contributed by atoms with Gasteiger partial charge in [-0.3, -0.25) is 4.79 Å². The van der Waals surface area contributed by atoms with Crippen LogP contribution in [0.1, 0.15) is 19.4 Å². The molecule has 4 nitrogen and oxygen atoms in total. The highest BCUT2D eigenvalue weighted by atomic mass is 32.2. The summed E-state index contributed by atoms with van der Waals surface area (Å²) in [5.74, 6) is -0.221. The number of thioether (sulfide) groups is 1. The van der Waals surface area contributed by atoms with Crippen LogP contribution in [0.15, 0.2) is 41.0 Å². The number of aryl methyl sites for hydroxylation is 1. The summed E-state index contributed by atoms with van der Waals surface area (Å²) >= 11 is 3.01. The summed E-state index contributed by atoms with van der Waals surface area (Å²) in [5.41, 5.74) is 3.46. The molecule has 0 fully saturated rings. The first-order valence-electron chi connectivity index (χ1n) is 7.72. The maximum Gasteiger partial charge on any atom is 0.319 e. The molecular formula is C18H18N2O2S2. The van der Waals surface area contributed by atoms with Crippen LogP contribution in [0, 0.1) is 6.92 Å². The van der Waals surface area contributed by atoms with Gasteiger partial charge in [0.1, 0.15) is 21.4 Å². The lowest BCUT2D eigenvalue weighted by Gasteiger charge is -2.11. The summed E-state index contributed by atoms with van der Waals surface area (Å²) < 4.78 is 5.10. The zero-order valence-electron chi connectivity index (χ0n) is 13.8. The van der Waals surface area contributed by atoms with Crippen LogP contribution in [0.3, 0.4) is 0 Å². The van der Waals surface area contributed by atoms with Gasteiger partial charge in [-0.25, -0.2) is 9.97 Å². The highest BCUT2D eigenvalue weighted by molar-refractivity contribution is 8.00. The first-order valence-corrected chi connectivity index (χ1v) is 9.48. The lowest BCUT2D eigenvalue weighted by atomic mass is 10.1. The van der Waals surface area contributed by atoms with Gasteiger partial charge < -0.3 is 4.74 Å². The first-order chi connectivity index (χ1) is 11.6. The molecule has 2 aromatic heterocycles. The molecule has 24 heavy (non-hydrogen) atoms. The van der Waals surface area contributed by atoms with Crippen molar-refractivity contribution in [1.29, 1.82) is 0 Å². The minimum absolute atomic E-state index is 0.221. The van der Waals surface area contributed by atoms with Crippen molar-refractivity contribution in [3.05, 3.63) is 41.5 Å². The van der Waals surface area contributed by atoms with Gasteiger partial charge in [-0.15, -0.1) is 11.3 Å². The number of thiophene rings is 1. The van der Waals surface area contributed by atoms with Crippen molar-refractivity contribution in [2.75, 3.05) is 6.61 Å². The molecule has 0 saturated heterocycles. The zero-order chi connectivity index (χ0) is 17.1. The van der Waals surface area contributed by atoms with E-state index in [1.807, 2.05) is 13.8 Å². The maximum atomic E-state index is 11.9. The van der Waals surface area contributed by atoms with Gasteiger partial charge in [-0.1, -0.05) is 41.6 Å². The number of aromatic nitrogens is 2. The largest absolute Gasteiger partial charge is 0.465 e. The van der Waals surface area contributed by atoms with Crippen molar-refractivity contribution in [3.63, 3.8) is 0 Å². The summed E-state index contributed by atoms with van der Waals surface area (Å²) in [6, 6.07) is 8.40. The molecular weight excluding hydrogens is 340 g/mol. The fourth-order valence-corrected chi connectivity index (χ4v) is 4.27. The number of fused-ring (bicyclic) bond motifs is 1. The van der Waals surface area contributed by atoms with E-state index < -0.39 is 0 Å². The Morgan fingerprint density at radius 3 is 2.75 bits per heavy atom. The number of esters is 1. The number of ether oxygens (including phenoxy) is 1. The van der Waals surface area contributed by atoms with E-state index >= 15 is 0 Å². The van der Waals surface area contributed by atoms with Gasteiger partial charge in [0.05, 0.1) is 12.0 Å². The lowest BCUT2D eigenvalue weighted by molar-refractivity contribution is -0.142. The predicted molar refractivity (Wildman–Crippen MR) is 99.5 cm³/mol. The van der Waals surface area contributed by atoms with Gasteiger partial charge >= 0.3 is 5.97 Å². The summed E-state index contributed by atoms with van der Waals surface area (Å²) in [6.45, 7) is 6.11. The third-order valence-electron chi connectivity index (χ3n) is 3.60. The Kier molecular flexibility index (Phi) is 5.16. The average Bonchev–Trinajstić information content (AvgIpc) is 3.01. The van der Waals surface area contributed by atoms with Gasteiger partial charge in [0.2, 0.25) is 0 Å². The van der Waals surface area contributed by atoms with E-state index in [1.54, 1.807) is 17.7 Å². The normalized spacial score (nSPS) is 12.3. The molecule has 3 rings (SSSR count). The minimum Gasteiger partial charge on any atom is -0.465 e. The van der Waals surface area contributed by atoms with Crippen LogP contribution in [0.5, 0.6) is 0 Å². The molecule has 0 aliphatic rings. The van der Waals surface area contributed by atoms with Crippen molar-refractivity contribution in [2.24, 2.45) is 0 Å².